The summed E-state index contributed by atoms with van der Waals surface area (Å²) in [5, 5.41) is 6.41. The van der Waals surface area contributed by atoms with Gasteiger partial charge in [-0.05, 0) is 53.6 Å². The van der Waals surface area contributed by atoms with Crippen LogP contribution in [-0.2, 0) is 19.5 Å². The normalized spacial score (nSPS) is 14.5. The molecule has 0 aliphatic carbocycles. The van der Waals surface area contributed by atoms with Gasteiger partial charge in [0.05, 0.1) is 6.04 Å². The zero-order valence-corrected chi connectivity index (χ0v) is 14.7. The zero-order chi connectivity index (χ0) is 17.1. The van der Waals surface area contributed by atoms with Gasteiger partial charge in [-0.1, -0.05) is 44.2 Å². The highest BCUT2D eigenvalue weighted by atomic mass is 16.1. The summed E-state index contributed by atoms with van der Waals surface area (Å²) >= 11 is 0. The minimum atomic E-state index is -0.0107. The van der Waals surface area contributed by atoms with Gasteiger partial charge in [0.15, 0.2) is 0 Å². The van der Waals surface area contributed by atoms with E-state index >= 15 is 0 Å². The van der Waals surface area contributed by atoms with E-state index < -0.39 is 0 Å². The van der Waals surface area contributed by atoms with Crippen LogP contribution in [0.15, 0.2) is 42.5 Å². The van der Waals surface area contributed by atoms with Crippen molar-refractivity contribution in [2.45, 2.75) is 46.3 Å². The van der Waals surface area contributed by atoms with Crippen LogP contribution in [-0.4, -0.2) is 5.91 Å². The fourth-order valence-corrected chi connectivity index (χ4v) is 3.21. The molecule has 1 unspecified atom stereocenters. The van der Waals surface area contributed by atoms with Gasteiger partial charge >= 0.3 is 0 Å². The Labute approximate surface area is 144 Å². The monoisotopic (exact) mass is 322 g/mol. The van der Waals surface area contributed by atoms with Crippen LogP contribution < -0.4 is 10.6 Å². The Morgan fingerprint density at radius 3 is 2.46 bits per heavy atom. The number of carbonyl (C=O) groups is 1. The molecule has 24 heavy (non-hydrogen) atoms. The van der Waals surface area contributed by atoms with E-state index in [4.69, 9.17) is 0 Å². The highest BCUT2D eigenvalue weighted by Gasteiger charge is 2.15. The summed E-state index contributed by atoms with van der Waals surface area (Å²) in [4.78, 5) is 12.5. The van der Waals surface area contributed by atoms with Crippen molar-refractivity contribution in [3.05, 3.63) is 70.3 Å². The second kappa shape index (κ2) is 7.18. The van der Waals surface area contributed by atoms with Crippen molar-refractivity contribution in [2.75, 3.05) is 0 Å². The van der Waals surface area contributed by atoms with Crippen molar-refractivity contribution >= 4 is 5.91 Å². The predicted molar refractivity (Wildman–Crippen MR) is 97.9 cm³/mol. The van der Waals surface area contributed by atoms with Crippen LogP contribution in [0.2, 0.25) is 0 Å². The zero-order valence-electron chi connectivity index (χ0n) is 14.7. The van der Waals surface area contributed by atoms with Crippen LogP contribution in [0.1, 0.15) is 59.4 Å². The molecule has 0 radical (unpaired) electrons. The van der Waals surface area contributed by atoms with Crippen LogP contribution in [0.3, 0.4) is 0 Å². The first-order chi connectivity index (χ1) is 11.5. The van der Waals surface area contributed by atoms with E-state index in [-0.39, 0.29) is 11.9 Å². The summed E-state index contributed by atoms with van der Waals surface area (Å²) < 4.78 is 0. The Morgan fingerprint density at radius 2 is 1.75 bits per heavy atom. The SMILES string of the molecule is CC(C)Cc1ccc(C(C)NC(=O)c2ccc3c(c2)CNC3)cc1. The fraction of sp³-hybridized carbons (Fsp3) is 0.381. The summed E-state index contributed by atoms with van der Waals surface area (Å²) in [5.74, 6) is 0.644. The highest BCUT2D eigenvalue weighted by molar-refractivity contribution is 5.94. The molecule has 0 spiro atoms. The van der Waals surface area contributed by atoms with Crippen LogP contribution >= 0.6 is 0 Å². The lowest BCUT2D eigenvalue weighted by atomic mass is 9.99. The molecule has 0 fully saturated rings. The number of carbonyl (C=O) groups excluding carboxylic acids is 1. The Kier molecular flexibility index (Phi) is 5.00. The summed E-state index contributed by atoms with van der Waals surface area (Å²) in [6, 6.07) is 14.5. The van der Waals surface area contributed by atoms with Gasteiger partial charge in [0.25, 0.3) is 5.91 Å². The quantitative estimate of drug-likeness (QED) is 0.874. The molecule has 1 amide bonds. The molecule has 3 nitrogen and oxygen atoms in total. The molecular weight excluding hydrogens is 296 g/mol. The summed E-state index contributed by atoms with van der Waals surface area (Å²) in [7, 11) is 0. The lowest BCUT2D eigenvalue weighted by Gasteiger charge is -2.16. The van der Waals surface area contributed by atoms with E-state index in [0.29, 0.717) is 5.92 Å². The Balaban J connectivity index is 1.65. The van der Waals surface area contributed by atoms with Crippen LogP contribution in [0.5, 0.6) is 0 Å². The summed E-state index contributed by atoms with van der Waals surface area (Å²) in [5.41, 5.74) is 5.74. The maximum Gasteiger partial charge on any atom is 0.251 e. The second-order valence-corrected chi connectivity index (χ2v) is 7.12. The maximum atomic E-state index is 12.5. The number of nitrogens with one attached hydrogen (secondary N) is 2. The van der Waals surface area contributed by atoms with Crippen molar-refractivity contribution in [1.29, 1.82) is 0 Å². The number of hydrogen-bond acceptors (Lipinski definition) is 2. The van der Waals surface area contributed by atoms with E-state index in [0.717, 1.165) is 30.6 Å². The average Bonchev–Trinajstić information content (AvgIpc) is 3.02. The third-order valence-corrected chi connectivity index (χ3v) is 4.57. The molecule has 2 aromatic carbocycles. The molecule has 0 bridgehead atoms. The first-order valence-electron chi connectivity index (χ1n) is 8.75. The topological polar surface area (TPSA) is 41.1 Å². The Morgan fingerprint density at radius 1 is 1.04 bits per heavy atom. The van der Waals surface area contributed by atoms with Crippen molar-refractivity contribution in [3.8, 4) is 0 Å². The first kappa shape index (κ1) is 16.7. The standard InChI is InChI=1S/C21H26N2O/c1-14(2)10-16-4-6-17(7-5-16)15(3)23-21(24)18-8-9-19-12-22-13-20(19)11-18/h4-9,11,14-15,22H,10,12-13H2,1-3H3,(H,23,24). The van der Waals surface area contributed by atoms with Gasteiger partial charge in [0.2, 0.25) is 0 Å². The third kappa shape index (κ3) is 3.85. The molecule has 1 atom stereocenters. The number of fused-ring (bicyclic) bond motifs is 1. The van der Waals surface area contributed by atoms with Crippen molar-refractivity contribution in [2.24, 2.45) is 5.92 Å². The highest BCUT2D eigenvalue weighted by Crippen LogP contribution is 2.19. The second-order valence-electron chi connectivity index (χ2n) is 7.12. The molecule has 2 N–H and O–H groups in total. The fourth-order valence-electron chi connectivity index (χ4n) is 3.21. The van der Waals surface area contributed by atoms with E-state index in [9.17, 15) is 4.79 Å². The smallest absolute Gasteiger partial charge is 0.251 e. The van der Waals surface area contributed by atoms with Crippen molar-refractivity contribution in [3.63, 3.8) is 0 Å². The maximum absolute atomic E-state index is 12.5. The lowest BCUT2D eigenvalue weighted by molar-refractivity contribution is 0.0940. The minimum absolute atomic E-state index is 0.00280. The molecule has 2 aromatic rings. The molecule has 1 aliphatic rings. The molecule has 0 saturated carbocycles. The van der Waals surface area contributed by atoms with Gasteiger partial charge < -0.3 is 10.6 Å². The predicted octanol–water partition coefficient (Wildman–Crippen LogP) is 3.98. The molecule has 1 heterocycles. The largest absolute Gasteiger partial charge is 0.346 e. The minimum Gasteiger partial charge on any atom is -0.346 e. The molecule has 126 valence electrons. The van der Waals surface area contributed by atoms with Gasteiger partial charge in [0, 0.05) is 18.7 Å². The lowest BCUT2D eigenvalue weighted by Crippen LogP contribution is -2.26. The Bertz CT molecular complexity index is 719. The van der Waals surface area contributed by atoms with Crippen LogP contribution in [0, 0.1) is 5.92 Å². The van der Waals surface area contributed by atoms with E-state index in [1.165, 1.54) is 16.7 Å². The average molecular weight is 322 g/mol. The molecular formula is C21H26N2O. The molecule has 3 rings (SSSR count). The number of hydrogen-bond donors (Lipinski definition) is 2. The number of amides is 1. The number of benzene rings is 2. The van der Waals surface area contributed by atoms with E-state index in [2.05, 4.69) is 54.8 Å². The number of rotatable bonds is 5. The summed E-state index contributed by atoms with van der Waals surface area (Å²) in [6.45, 7) is 8.23. The van der Waals surface area contributed by atoms with Gasteiger partial charge in [-0.2, -0.15) is 0 Å². The van der Waals surface area contributed by atoms with Gasteiger partial charge in [0.1, 0.15) is 0 Å². The van der Waals surface area contributed by atoms with Gasteiger partial charge in [-0.3, -0.25) is 4.79 Å². The van der Waals surface area contributed by atoms with Gasteiger partial charge in [-0.25, -0.2) is 0 Å². The molecule has 0 saturated heterocycles. The summed E-state index contributed by atoms with van der Waals surface area (Å²) in [6.07, 6.45) is 1.09. The molecule has 0 aromatic heterocycles. The molecule has 1 aliphatic heterocycles. The van der Waals surface area contributed by atoms with Gasteiger partial charge in [-0.15, -0.1) is 0 Å². The van der Waals surface area contributed by atoms with E-state index in [1.54, 1.807) is 0 Å². The van der Waals surface area contributed by atoms with Crippen molar-refractivity contribution in [1.82, 2.24) is 10.6 Å². The van der Waals surface area contributed by atoms with Crippen LogP contribution in [0.25, 0.3) is 0 Å². The Hall–Kier alpha value is -2.13. The van der Waals surface area contributed by atoms with Crippen molar-refractivity contribution < 1.29 is 4.79 Å². The third-order valence-electron chi connectivity index (χ3n) is 4.57. The first-order valence-corrected chi connectivity index (χ1v) is 8.75. The van der Waals surface area contributed by atoms with E-state index in [1.807, 2.05) is 19.1 Å². The molecule has 3 heteroatoms. The van der Waals surface area contributed by atoms with Crippen LogP contribution in [0.4, 0.5) is 0 Å².